The number of carbonyl (C=O) groups is 1. The highest BCUT2D eigenvalue weighted by molar-refractivity contribution is 8.15. The van der Waals surface area contributed by atoms with Gasteiger partial charge >= 0.3 is 0 Å². The van der Waals surface area contributed by atoms with Crippen molar-refractivity contribution in [2.24, 2.45) is 5.92 Å². The predicted molar refractivity (Wildman–Crippen MR) is 80.4 cm³/mol. The van der Waals surface area contributed by atoms with Gasteiger partial charge in [0.1, 0.15) is 4.21 Å². The number of amides is 1. The number of nitrogens with one attached hydrogen (secondary N) is 1. The third-order valence-corrected chi connectivity index (χ3v) is 7.31. The number of rotatable bonds is 4. The lowest BCUT2D eigenvalue weighted by molar-refractivity contribution is 0.0729. The molecular formula is C13H16ClNO4S2. The van der Waals surface area contributed by atoms with E-state index in [9.17, 15) is 13.2 Å². The Morgan fingerprint density at radius 3 is 2.71 bits per heavy atom. The van der Waals surface area contributed by atoms with Gasteiger partial charge in [0.25, 0.3) is 15.0 Å². The molecule has 0 bridgehead atoms. The van der Waals surface area contributed by atoms with Gasteiger partial charge in [0.05, 0.1) is 17.7 Å². The van der Waals surface area contributed by atoms with E-state index in [1.807, 2.05) is 0 Å². The number of halogens is 1. The van der Waals surface area contributed by atoms with Crippen LogP contribution in [-0.4, -0.2) is 33.1 Å². The van der Waals surface area contributed by atoms with Crippen LogP contribution in [0.3, 0.4) is 0 Å². The molecule has 1 saturated heterocycles. The van der Waals surface area contributed by atoms with Crippen LogP contribution in [0.5, 0.6) is 0 Å². The lowest BCUT2D eigenvalue weighted by atomic mass is 10.1. The lowest BCUT2D eigenvalue weighted by Gasteiger charge is -2.19. The Hall–Kier alpha value is -0.630. The SMILES string of the molecule is Cc1c(C(=O)NC2CCOC2C2CC2)csc1S(=O)(=O)Cl. The van der Waals surface area contributed by atoms with E-state index in [1.54, 1.807) is 12.3 Å². The zero-order valence-electron chi connectivity index (χ0n) is 11.5. The molecule has 2 heterocycles. The first kappa shape index (κ1) is 15.3. The Kier molecular flexibility index (Phi) is 4.02. The van der Waals surface area contributed by atoms with Crippen LogP contribution in [0.1, 0.15) is 35.2 Å². The molecule has 2 unspecified atom stereocenters. The van der Waals surface area contributed by atoms with E-state index >= 15 is 0 Å². The number of thiophene rings is 1. The average Bonchev–Trinajstić information content (AvgIpc) is 2.99. The fraction of sp³-hybridized carbons (Fsp3) is 0.615. The van der Waals surface area contributed by atoms with Gasteiger partial charge in [-0.05, 0) is 37.7 Å². The number of hydrogen-bond acceptors (Lipinski definition) is 5. The summed E-state index contributed by atoms with van der Waals surface area (Å²) < 4.78 is 28.5. The summed E-state index contributed by atoms with van der Waals surface area (Å²) in [5.41, 5.74) is 0.787. The van der Waals surface area contributed by atoms with Crippen molar-refractivity contribution < 1.29 is 17.9 Å². The zero-order valence-corrected chi connectivity index (χ0v) is 13.9. The minimum atomic E-state index is -3.80. The van der Waals surface area contributed by atoms with Crippen molar-refractivity contribution in [3.05, 3.63) is 16.5 Å². The van der Waals surface area contributed by atoms with E-state index in [1.165, 1.54) is 0 Å². The van der Waals surface area contributed by atoms with E-state index in [-0.39, 0.29) is 22.3 Å². The highest BCUT2D eigenvalue weighted by atomic mass is 35.7. The Morgan fingerprint density at radius 2 is 2.14 bits per heavy atom. The topological polar surface area (TPSA) is 72.5 Å². The first-order chi connectivity index (χ1) is 9.88. The smallest absolute Gasteiger partial charge is 0.271 e. The molecule has 0 aromatic carbocycles. The highest BCUT2D eigenvalue weighted by Crippen LogP contribution is 2.39. The molecule has 2 aliphatic rings. The molecule has 3 rings (SSSR count). The quantitative estimate of drug-likeness (QED) is 0.846. The molecule has 1 aromatic heterocycles. The van der Waals surface area contributed by atoms with Crippen molar-refractivity contribution >= 4 is 37.0 Å². The van der Waals surface area contributed by atoms with Crippen molar-refractivity contribution in [1.82, 2.24) is 5.32 Å². The zero-order chi connectivity index (χ0) is 15.2. The van der Waals surface area contributed by atoms with Crippen LogP contribution < -0.4 is 5.32 Å². The van der Waals surface area contributed by atoms with E-state index in [4.69, 9.17) is 15.4 Å². The predicted octanol–water partition coefficient (Wildman–Crippen LogP) is 2.28. The van der Waals surface area contributed by atoms with E-state index in [0.29, 0.717) is 23.7 Å². The summed E-state index contributed by atoms with van der Waals surface area (Å²) in [4.78, 5) is 12.4. The molecular weight excluding hydrogens is 334 g/mol. The number of ether oxygens (including phenoxy) is 1. The van der Waals surface area contributed by atoms with Crippen LogP contribution >= 0.6 is 22.0 Å². The first-order valence-corrected chi connectivity index (χ1v) is 10.0. The third-order valence-electron chi connectivity index (χ3n) is 4.00. The highest BCUT2D eigenvalue weighted by Gasteiger charge is 2.41. The molecule has 1 aliphatic carbocycles. The Morgan fingerprint density at radius 1 is 1.43 bits per heavy atom. The molecule has 2 fully saturated rings. The summed E-state index contributed by atoms with van der Waals surface area (Å²) in [7, 11) is 1.55. The van der Waals surface area contributed by atoms with Crippen molar-refractivity contribution in [3.8, 4) is 0 Å². The average molecular weight is 350 g/mol. The van der Waals surface area contributed by atoms with Gasteiger partial charge in [-0.1, -0.05) is 0 Å². The van der Waals surface area contributed by atoms with E-state index < -0.39 is 9.05 Å². The summed E-state index contributed by atoms with van der Waals surface area (Å²) in [5, 5.41) is 4.52. The molecule has 1 aliphatic heterocycles. The molecule has 1 saturated carbocycles. The van der Waals surface area contributed by atoms with Gasteiger partial charge in [-0.15, -0.1) is 11.3 Å². The van der Waals surface area contributed by atoms with Crippen LogP contribution in [0.25, 0.3) is 0 Å². The van der Waals surface area contributed by atoms with Crippen molar-refractivity contribution in [2.75, 3.05) is 6.61 Å². The third kappa shape index (κ3) is 3.11. The normalized spacial score (nSPS) is 26.0. The lowest BCUT2D eigenvalue weighted by Crippen LogP contribution is -2.41. The van der Waals surface area contributed by atoms with Crippen LogP contribution in [0.4, 0.5) is 0 Å². The maximum absolute atomic E-state index is 12.4. The van der Waals surface area contributed by atoms with Gasteiger partial charge in [-0.25, -0.2) is 8.42 Å². The first-order valence-electron chi connectivity index (χ1n) is 6.83. The number of hydrogen-bond donors (Lipinski definition) is 1. The molecule has 21 heavy (non-hydrogen) atoms. The van der Waals surface area contributed by atoms with Gasteiger partial charge in [-0.2, -0.15) is 0 Å². The summed E-state index contributed by atoms with van der Waals surface area (Å²) in [5.74, 6) is 0.302. The monoisotopic (exact) mass is 349 g/mol. The summed E-state index contributed by atoms with van der Waals surface area (Å²) in [6.07, 6.45) is 3.22. The summed E-state index contributed by atoms with van der Waals surface area (Å²) in [6, 6.07) is 0.0142. The maximum Gasteiger partial charge on any atom is 0.271 e. The molecule has 116 valence electrons. The van der Waals surface area contributed by atoms with E-state index in [2.05, 4.69) is 5.32 Å². The summed E-state index contributed by atoms with van der Waals surface area (Å²) >= 11 is 0.977. The Labute approximate surface area is 132 Å². The molecule has 2 atom stereocenters. The van der Waals surface area contributed by atoms with Crippen molar-refractivity contribution in [1.29, 1.82) is 0 Å². The second-order valence-electron chi connectivity index (χ2n) is 5.54. The van der Waals surface area contributed by atoms with Gasteiger partial charge in [0, 0.05) is 22.7 Å². The molecule has 1 N–H and O–H groups in total. The van der Waals surface area contributed by atoms with Crippen LogP contribution in [0, 0.1) is 12.8 Å². The second kappa shape index (κ2) is 5.53. The Bertz CT molecular complexity index is 666. The second-order valence-corrected chi connectivity index (χ2v) is 9.18. The molecule has 1 amide bonds. The minimum absolute atomic E-state index is 0.0142. The molecule has 8 heteroatoms. The van der Waals surface area contributed by atoms with E-state index in [0.717, 1.165) is 30.6 Å². The summed E-state index contributed by atoms with van der Waals surface area (Å²) in [6.45, 7) is 2.26. The number of carbonyl (C=O) groups excluding carboxylic acids is 1. The standard InChI is InChI=1S/C13H16ClNO4S2/c1-7-9(6-20-13(7)21(14,17)18)12(16)15-10-4-5-19-11(10)8-2-3-8/h6,8,10-11H,2-5H2,1H3,(H,15,16). The molecule has 0 radical (unpaired) electrons. The largest absolute Gasteiger partial charge is 0.376 e. The molecule has 0 spiro atoms. The van der Waals surface area contributed by atoms with Crippen LogP contribution in [-0.2, 0) is 13.8 Å². The fourth-order valence-electron chi connectivity index (χ4n) is 2.76. The Balaban J connectivity index is 1.75. The van der Waals surface area contributed by atoms with Crippen molar-refractivity contribution in [3.63, 3.8) is 0 Å². The molecule has 1 aromatic rings. The minimum Gasteiger partial charge on any atom is -0.376 e. The van der Waals surface area contributed by atoms with Gasteiger partial charge in [0.2, 0.25) is 0 Å². The molecule has 5 nitrogen and oxygen atoms in total. The van der Waals surface area contributed by atoms with Crippen LogP contribution in [0.2, 0.25) is 0 Å². The van der Waals surface area contributed by atoms with Gasteiger partial charge < -0.3 is 10.1 Å². The fourth-order valence-corrected chi connectivity index (χ4v) is 5.31. The van der Waals surface area contributed by atoms with Crippen LogP contribution in [0.15, 0.2) is 9.59 Å². The van der Waals surface area contributed by atoms with Gasteiger partial charge in [0.15, 0.2) is 0 Å². The van der Waals surface area contributed by atoms with Crippen molar-refractivity contribution in [2.45, 2.75) is 42.5 Å². The maximum atomic E-state index is 12.4. The van der Waals surface area contributed by atoms with Gasteiger partial charge in [-0.3, -0.25) is 4.79 Å².